The van der Waals surface area contributed by atoms with Crippen molar-refractivity contribution in [2.45, 2.75) is 84.2 Å². The number of ether oxygens (including phenoxy) is 1. The number of hydrogen-bond acceptors (Lipinski definition) is 2. The van der Waals surface area contributed by atoms with Gasteiger partial charge in [0.1, 0.15) is 0 Å². The van der Waals surface area contributed by atoms with E-state index in [1.54, 1.807) is 0 Å². The fourth-order valence-electron chi connectivity index (χ4n) is 8.27. The third-order valence-electron chi connectivity index (χ3n) is 9.42. The van der Waals surface area contributed by atoms with E-state index in [0.29, 0.717) is 23.2 Å². The molecule has 4 aliphatic carbocycles. The second-order valence-corrected chi connectivity index (χ2v) is 10.3. The standard InChI is InChI=1S/C21H34O3/c1-18-9-5-10-19(2,17(22)23)15(18)8-11-21-12-14(6-7-16(18)21)20(3,13-21)24-4/h14-16H,5-13H2,1-4H3,(H,22,23)/t14-,15+,16+,18?,19?,20?,21+/m1/s1. The first kappa shape index (κ1) is 16.9. The summed E-state index contributed by atoms with van der Waals surface area (Å²) in [6, 6.07) is 0. The molecule has 0 heterocycles. The highest BCUT2D eigenvalue weighted by Gasteiger charge is 2.67. The van der Waals surface area contributed by atoms with Crippen LogP contribution in [0.3, 0.4) is 0 Å². The van der Waals surface area contributed by atoms with E-state index in [2.05, 4.69) is 13.8 Å². The minimum absolute atomic E-state index is 0.0444. The summed E-state index contributed by atoms with van der Waals surface area (Å²) in [5, 5.41) is 9.98. The molecule has 0 aromatic rings. The number of carboxylic acids is 1. The normalized spacial score (nSPS) is 56.4. The van der Waals surface area contributed by atoms with Crippen molar-refractivity contribution < 1.29 is 14.6 Å². The average Bonchev–Trinajstić information content (AvgIpc) is 2.73. The average molecular weight is 335 g/mol. The zero-order valence-electron chi connectivity index (χ0n) is 15.9. The highest BCUT2D eigenvalue weighted by Crippen LogP contribution is 2.73. The molecule has 7 atom stereocenters. The molecule has 136 valence electrons. The van der Waals surface area contributed by atoms with Crippen LogP contribution in [0.25, 0.3) is 0 Å². The van der Waals surface area contributed by atoms with Gasteiger partial charge in [0.05, 0.1) is 11.0 Å². The van der Waals surface area contributed by atoms with Crippen molar-refractivity contribution in [1.29, 1.82) is 0 Å². The Morgan fingerprint density at radius 1 is 1.04 bits per heavy atom. The van der Waals surface area contributed by atoms with Crippen LogP contribution in [0.2, 0.25) is 0 Å². The summed E-state index contributed by atoms with van der Waals surface area (Å²) in [5.41, 5.74) is 0.140. The minimum atomic E-state index is -0.559. The molecule has 4 rings (SSSR count). The molecule has 0 radical (unpaired) electrons. The lowest BCUT2D eigenvalue weighted by atomic mass is 9.41. The Kier molecular flexibility index (Phi) is 3.51. The van der Waals surface area contributed by atoms with E-state index in [0.717, 1.165) is 19.3 Å². The zero-order valence-corrected chi connectivity index (χ0v) is 15.9. The Morgan fingerprint density at radius 2 is 1.79 bits per heavy atom. The van der Waals surface area contributed by atoms with E-state index in [1.807, 2.05) is 14.0 Å². The molecule has 4 fully saturated rings. The fraction of sp³-hybridized carbons (Fsp3) is 0.952. The quantitative estimate of drug-likeness (QED) is 0.782. The molecule has 0 amide bonds. The maximum absolute atomic E-state index is 12.1. The Labute approximate surface area is 146 Å². The first-order valence-corrected chi connectivity index (χ1v) is 9.99. The molecular weight excluding hydrogens is 300 g/mol. The summed E-state index contributed by atoms with van der Waals surface area (Å²) in [4.78, 5) is 12.1. The smallest absolute Gasteiger partial charge is 0.309 e. The molecule has 1 spiro atoms. The second-order valence-electron chi connectivity index (χ2n) is 10.3. The van der Waals surface area contributed by atoms with Crippen LogP contribution in [-0.4, -0.2) is 23.8 Å². The van der Waals surface area contributed by atoms with Gasteiger partial charge in [-0.2, -0.15) is 0 Å². The van der Waals surface area contributed by atoms with E-state index < -0.39 is 11.4 Å². The highest BCUT2D eigenvalue weighted by atomic mass is 16.5. The number of carbonyl (C=O) groups is 1. The summed E-state index contributed by atoms with van der Waals surface area (Å²) in [6.45, 7) is 6.81. The van der Waals surface area contributed by atoms with Gasteiger partial charge in [-0.05, 0) is 93.8 Å². The highest BCUT2D eigenvalue weighted by molar-refractivity contribution is 5.75. The largest absolute Gasteiger partial charge is 0.481 e. The van der Waals surface area contributed by atoms with Gasteiger partial charge >= 0.3 is 5.97 Å². The molecule has 2 bridgehead atoms. The van der Waals surface area contributed by atoms with Crippen molar-refractivity contribution in [3.05, 3.63) is 0 Å². The van der Waals surface area contributed by atoms with Crippen molar-refractivity contribution in [2.24, 2.45) is 34.0 Å². The zero-order chi connectivity index (χ0) is 17.4. The molecule has 1 N–H and O–H groups in total. The topological polar surface area (TPSA) is 46.5 Å². The number of aliphatic carboxylic acids is 1. The predicted molar refractivity (Wildman–Crippen MR) is 93.7 cm³/mol. The molecule has 0 aliphatic heterocycles. The molecular formula is C21H34O3. The molecule has 24 heavy (non-hydrogen) atoms. The summed E-state index contributed by atoms with van der Waals surface area (Å²) in [7, 11) is 1.89. The lowest BCUT2D eigenvalue weighted by Crippen LogP contribution is -2.58. The van der Waals surface area contributed by atoms with Crippen LogP contribution in [0.4, 0.5) is 0 Å². The number of rotatable bonds is 2. The Morgan fingerprint density at radius 3 is 2.46 bits per heavy atom. The molecule has 0 aromatic carbocycles. The first-order chi connectivity index (χ1) is 11.2. The second kappa shape index (κ2) is 4.99. The van der Waals surface area contributed by atoms with E-state index in [1.165, 1.54) is 38.5 Å². The minimum Gasteiger partial charge on any atom is -0.481 e. The third-order valence-corrected chi connectivity index (χ3v) is 9.42. The van der Waals surface area contributed by atoms with Gasteiger partial charge in [0, 0.05) is 7.11 Å². The SMILES string of the molecule is COC1(C)C[C@@]23CC[C@@H]4C(C)(C(=O)O)CCCC4(C)[C@@H]2CC[C@@H]1C3. The molecule has 3 unspecified atom stereocenters. The monoisotopic (exact) mass is 334 g/mol. The van der Waals surface area contributed by atoms with E-state index in [-0.39, 0.29) is 11.0 Å². The van der Waals surface area contributed by atoms with Crippen LogP contribution in [0.5, 0.6) is 0 Å². The first-order valence-electron chi connectivity index (χ1n) is 9.99. The van der Waals surface area contributed by atoms with Gasteiger partial charge in [0.2, 0.25) is 0 Å². The Hall–Kier alpha value is -0.570. The fourth-order valence-corrected chi connectivity index (χ4v) is 8.27. The Bertz CT molecular complexity index is 559. The van der Waals surface area contributed by atoms with Gasteiger partial charge in [-0.25, -0.2) is 0 Å². The summed E-state index contributed by atoms with van der Waals surface area (Å²) in [6.07, 6.45) is 10.5. The van der Waals surface area contributed by atoms with Crippen molar-refractivity contribution in [3.63, 3.8) is 0 Å². The van der Waals surface area contributed by atoms with Crippen molar-refractivity contribution in [3.8, 4) is 0 Å². The number of carboxylic acid groups (broad SMARTS) is 1. The van der Waals surface area contributed by atoms with Crippen LogP contribution >= 0.6 is 0 Å². The van der Waals surface area contributed by atoms with Gasteiger partial charge < -0.3 is 9.84 Å². The maximum atomic E-state index is 12.1. The van der Waals surface area contributed by atoms with Gasteiger partial charge in [-0.15, -0.1) is 0 Å². The van der Waals surface area contributed by atoms with Crippen LogP contribution in [0.1, 0.15) is 78.6 Å². The number of fused-ring (bicyclic) bond motifs is 3. The van der Waals surface area contributed by atoms with E-state index in [4.69, 9.17) is 4.74 Å². The van der Waals surface area contributed by atoms with Gasteiger partial charge in [-0.3, -0.25) is 4.79 Å². The van der Waals surface area contributed by atoms with Crippen molar-refractivity contribution in [1.82, 2.24) is 0 Å². The molecule has 4 aliphatic rings. The lowest BCUT2D eigenvalue weighted by Gasteiger charge is -2.63. The Balaban J connectivity index is 1.73. The molecule has 0 aromatic heterocycles. The van der Waals surface area contributed by atoms with Gasteiger partial charge in [0.15, 0.2) is 0 Å². The molecule has 3 nitrogen and oxygen atoms in total. The molecule has 4 saturated carbocycles. The molecule has 3 heteroatoms. The summed E-state index contributed by atoms with van der Waals surface area (Å²) < 4.78 is 6.01. The third kappa shape index (κ3) is 1.91. The van der Waals surface area contributed by atoms with E-state index >= 15 is 0 Å². The molecule has 0 saturated heterocycles. The number of hydrogen-bond donors (Lipinski definition) is 1. The predicted octanol–water partition coefficient (Wildman–Crippen LogP) is 4.89. The van der Waals surface area contributed by atoms with Crippen molar-refractivity contribution >= 4 is 5.97 Å². The van der Waals surface area contributed by atoms with Crippen LogP contribution < -0.4 is 0 Å². The van der Waals surface area contributed by atoms with Gasteiger partial charge in [0.25, 0.3) is 0 Å². The summed E-state index contributed by atoms with van der Waals surface area (Å²) >= 11 is 0. The summed E-state index contributed by atoms with van der Waals surface area (Å²) in [5.74, 6) is 1.18. The van der Waals surface area contributed by atoms with Crippen LogP contribution in [0.15, 0.2) is 0 Å². The lowest BCUT2D eigenvalue weighted by molar-refractivity contribution is -0.181. The maximum Gasteiger partial charge on any atom is 0.309 e. The van der Waals surface area contributed by atoms with E-state index in [9.17, 15) is 9.90 Å². The number of methoxy groups -OCH3 is 1. The van der Waals surface area contributed by atoms with Crippen LogP contribution in [-0.2, 0) is 9.53 Å². The van der Waals surface area contributed by atoms with Crippen molar-refractivity contribution in [2.75, 3.05) is 7.11 Å². The van der Waals surface area contributed by atoms with Gasteiger partial charge in [-0.1, -0.05) is 13.3 Å². The van der Waals surface area contributed by atoms with Crippen LogP contribution in [0, 0.1) is 34.0 Å².